The Bertz CT molecular complexity index is 952. The van der Waals surface area contributed by atoms with Crippen LogP contribution in [0.25, 0.3) is 0 Å². The fourth-order valence-corrected chi connectivity index (χ4v) is 9.90. The van der Waals surface area contributed by atoms with Gasteiger partial charge in [0.2, 0.25) is 0 Å². The summed E-state index contributed by atoms with van der Waals surface area (Å²) in [5.41, 5.74) is 0. The van der Waals surface area contributed by atoms with Crippen LogP contribution < -0.4 is 0 Å². The van der Waals surface area contributed by atoms with E-state index >= 15 is 0 Å². The molecular weight excluding hydrogens is 837 g/mol. The van der Waals surface area contributed by atoms with Crippen molar-refractivity contribution >= 4 is 11.9 Å². The molecule has 0 amide bonds. The molecule has 5 nitrogen and oxygen atoms in total. The molecule has 0 bridgehead atoms. The van der Waals surface area contributed by atoms with E-state index in [0.29, 0.717) is 19.4 Å². The van der Waals surface area contributed by atoms with Crippen LogP contribution in [0.4, 0.5) is 0 Å². The van der Waals surface area contributed by atoms with Crippen LogP contribution in [-0.2, 0) is 23.8 Å². The van der Waals surface area contributed by atoms with Gasteiger partial charge in [0.05, 0.1) is 0 Å². The molecule has 0 N–H and O–H groups in total. The normalized spacial score (nSPS) is 12.0. The van der Waals surface area contributed by atoms with Crippen molar-refractivity contribution in [1.82, 2.24) is 0 Å². The van der Waals surface area contributed by atoms with E-state index in [1.165, 1.54) is 295 Å². The van der Waals surface area contributed by atoms with Crippen molar-refractivity contribution in [2.45, 2.75) is 374 Å². The second kappa shape index (κ2) is 60.2. The molecule has 0 aromatic heterocycles. The summed E-state index contributed by atoms with van der Waals surface area (Å²) in [5, 5.41) is 0. The molecule has 0 aliphatic carbocycles. The van der Waals surface area contributed by atoms with Gasteiger partial charge in [0, 0.05) is 19.4 Å². The van der Waals surface area contributed by atoms with E-state index in [-0.39, 0.29) is 31.3 Å². The first-order valence-corrected chi connectivity index (χ1v) is 31.6. The van der Waals surface area contributed by atoms with E-state index in [4.69, 9.17) is 14.2 Å². The van der Waals surface area contributed by atoms with Crippen LogP contribution >= 0.6 is 0 Å². The molecule has 0 aromatic rings. The van der Waals surface area contributed by atoms with Gasteiger partial charge in [-0.3, -0.25) is 9.59 Å². The molecule has 0 radical (unpaired) electrons. The summed E-state index contributed by atoms with van der Waals surface area (Å²) in [5.74, 6) is -0.301. The maximum Gasteiger partial charge on any atom is 0.305 e. The van der Waals surface area contributed by atoms with Gasteiger partial charge in [-0.2, -0.15) is 0 Å². The lowest BCUT2D eigenvalue weighted by atomic mass is 10.0. The molecule has 0 rings (SSSR count). The molecule has 0 aliphatic rings. The first-order valence-electron chi connectivity index (χ1n) is 31.6. The minimum atomic E-state index is -0.389. The van der Waals surface area contributed by atoms with E-state index in [1.54, 1.807) is 0 Å². The summed E-state index contributed by atoms with van der Waals surface area (Å²) in [6.07, 6.45) is 70.2. The van der Waals surface area contributed by atoms with Gasteiger partial charge in [-0.1, -0.05) is 335 Å². The van der Waals surface area contributed by atoms with Gasteiger partial charge in [0.15, 0.2) is 0 Å². The Morgan fingerprint density at radius 3 is 0.632 bits per heavy atom. The lowest BCUT2D eigenvalue weighted by Crippen LogP contribution is -2.29. The number of unbranched alkanes of at least 4 members (excludes halogenated alkanes) is 49. The van der Waals surface area contributed by atoms with Crippen LogP contribution in [0.2, 0.25) is 0 Å². The molecule has 1 atom stereocenters. The van der Waals surface area contributed by atoms with Crippen molar-refractivity contribution in [1.29, 1.82) is 0 Å². The van der Waals surface area contributed by atoms with E-state index in [1.807, 2.05) is 0 Å². The quantitative estimate of drug-likeness (QED) is 0.0449. The van der Waals surface area contributed by atoms with Crippen molar-refractivity contribution in [3.05, 3.63) is 0 Å². The lowest BCUT2D eigenvalue weighted by Gasteiger charge is -2.18. The molecule has 68 heavy (non-hydrogen) atoms. The monoisotopic (exact) mass is 961 g/mol. The van der Waals surface area contributed by atoms with Gasteiger partial charge in [0.25, 0.3) is 0 Å². The number of esters is 2. The summed E-state index contributed by atoms with van der Waals surface area (Å²) in [4.78, 5) is 25.4. The van der Waals surface area contributed by atoms with E-state index < -0.39 is 0 Å². The summed E-state index contributed by atoms with van der Waals surface area (Å²) in [7, 11) is 0. The molecule has 0 aromatic carbocycles. The highest BCUT2D eigenvalue weighted by Crippen LogP contribution is 2.18. The largest absolute Gasteiger partial charge is 0.463 e. The maximum atomic E-state index is 12.7. The van der Waals surface area contributed by atoms with Crippen molar-refractivity contribution < 1.29 is 23.8 Å². The molecule has 406 valence electrons. The fraction of sp³-hybridized carbons (Fsp3) is 0.968. The summed E-state index contributed by atoms with van der Waals surface area (Å²) < 4.78 is 17.6. The van der Waals surface area contributed by atoms with E-state index in [0.717, 1.165) is 38.5 Å². The molecule has 0 unspecified atom stereocenters. The molecule has 0 heterocycles. The second-order valence-electron chi connectivity index (χ2n) is 21.7. The Morgan fingerprint density at radius 1 is 0.250 bits per heavy atom. The minimum absolute atomic E-state index is 0.150. The van der Waals surface area contributed by atoms with E-state index in [9.17, 15) is 9.59 Å². The Morgan fingerprint density at radius 2 is 0.426 bits per heavy atom. The summed E-state index contributed by atoms with van der Waals surface area (Å²) in [6.45, 7) is 7.84. The molecule has 5 heteroatoms. The topological polar surface area (TPSA) is 61.8 Å². The Kier molecular flexibility index (Phi) is 59.2. The number of carbonyl (C=O) groups is 2. The molecule has 0 saturated heterocycles. The van der Waals surface area contributed by atoms with Crippen LogP contribution in [0.5, 0.6) is 0 Å². The summed E-state index contributed by atoms with van der Waals surface area (Å²) >= 11 is 0. The zero-order valence-electron chi connectivity index (χ0n) is 46.9. The van der Waals surface area contributed by atoms with Gasteiger partial charge < -0.3 is 14.2 Å². The zero-order chi connectivity index (χ0) is 49.2. The number of hydrogen-bond donors (Lipinski definition) is 0. The third kappa shape index (κ3) is 57.5. The molecular formula is C63H124O5. The van der Waals surface area contributed by atoms with Gasteiger partial charge in [-0.05, 0) is 19.3 Å². The standard InChI is InChI=1S/C63H124O5/c1-4-7-10-13-16-19-22-25-28-30-31-32-33-34-36-39-42-45-48-51-54-57-63(65)68-60-61(66-58-55-52-49-46-43-40-37-29-26-23-20-17-14-11-8-5-2)59-67-62(64)56-53-50-47-44-41-38-35-27-24-21-18-15-12-9-6-3/h61H,4-60H2,1-3H3/t61-/m0/s1. The highest BCUT2D eigenvalue weighted by atomic mass is 16.6. The fourth-order valence-electron chi connectivity index (χ4n) is 9.90. The van der Waals surface area contributed by atoms with Crippen LogP contribution in [0, 0.1) is 0 Å². The van der Waals surface area contributed by atoms with Gasteiger partial charge in [0.1, 0.15) is 19.3 Å². The van der Waals surface area contributed by atoms with Gasteiger partial charge in [-0.15, -0.1) is 0 Å². The molecule has 0 fully saturated rings. The summed E-state index contributed by atoms with van der Waals surface area (Å²) in [6, 6.07) is 0. The van der Waals surface area contributed by atoms with Crippen molar-refractivity contribution in [3.63, 3.8) is 0 Å². The minimum Gasteiger partial charge on any atom is -0.463 e. The average molecular weight is 962 g/mol. The predicted octanol–water partition coefficient (Wildman–Crippen LogP) is 21.6. The Labute approximate surface area is 427 Å². The first-order chi connectivity index (χ1) is 33.6. The highest BCUT2D eigenvalue weighted by molar-refractivity contribution is 5.69. The Hall–Kier alpha value is -1.10. The number of rotatable bonds is 60. The Balaban J connectivity index is 4.14. The highest BCUT2D eigenvalue weighted by Gasteiger charge is 2.16. The molecule has 0 aliphatic heterocycles. The van der Waals surface area contributed by atoms with Crippen LogP contribution in [0.3, 0.4) is 0 Å². The molecule has 0 spiro atoms. The number of carbonyl (C=O) groups excluding carboxylic acids is 2. The van der Waals surface area contributed by atoms with Crippen LogP contribution in [0.1, 0.15) is 367 Å². The zero-order valence-corrected chi connectivity index (χ0v) is 46.9. The third-order valence-electron chi connectivity index (χ3n) is 14.7. The third-order valence-corrected chi connectivity index (χ3v) is 14.7. The van der Waals surface area contributed by atoms with E-state index in [2.05, 4.69) is 20.8 Å². The maximum absolute atomic E-state index is 12.7. The SMILES string of the molecule is CCCCCCCCCCCCCCCCCCCCCCCC(=O)OC[C@H](COC(=O)CCCCCCCCCCCCCCCCC)OCCCCCCCCCCCCCCCCCC. The van der Waals surface area contributed by atoms with Gasteiger partial charge in [-0.25, -0.2) is 0 Å². The average Bonchev–Trinajstić information content (AvgIpc) is 3.34. The van der Waals surface area contributed by atoms with Crippen LogP contribution in [-0.4, -0.2) is 37.9 Å². The van der Waals surface area contributed by atoms with Crippen LogP contribution in [0.15, 0.2) is 0 Å². The lowest BCUT2D eigenvalue weighted by molar-refractivity contribution is -0.155. The van der Waals surface area contributed by atoms with Crippen molar-refractivity contribution in [2.75, 3.05) is 19.8 Å². The second-order valence-corrected chi connectivity index (χ2v) is 21.7. The number of hydrogen-bond acceptors (Lipinski definition) is 5. The number of ether oxygens (including phenoxy) is 3. The predicted molar refractivity (Wildman–Crippen MR) is 298 cm³/mol. The van der Waals surface area contributed by atoms with Gasteiger partial charge >= 0.3 is 11.9 Å². The van der Waals surface area contributed by atoms with Crippen molar-refractivity contribution in [3.8, 4) is 0 Å². The smallest absolute Gasteiger partial charge is 0.305 e. The molecule has 0 saturated carbocycles. The van der Waals surface area contributed by atoms with Crippen molar-refractivity contribution in [2.24, 2.45) is 0 Å². The first kappa shape index (κ1) is 66.9.